The first-order chi connectivity index (χ1) is 6.92. The Kier molecular flexibility index (Phi) is 3.73. The maximum atomic E-state index is 12.0. The molecule has 0 radical (unpaired) electrons. The Morgan fingerprint density at radius 2 is 2.27 bits per heavy atom. The average molecular weight is 223 g/mol. The summed E-state index contributed by atoms with van der Waals surface area (Å²) in [5.74, 6) is -0.356. The van der Waals surface area contributed by atoms with E-state index in [0.717, 1.165) is 6.08 Å². The third kappa shape index (κ3) is 3.91. The minimum Gasteiger partial charge on any atom is -0.374 e. The Labute approximate surface area is 85.5 Å². The zero-order valence-corrected chi connectivity index (χ0v) is 8.09. The van der Waals surface area contributed by atoms with Gasteiger partial charge in [-0.05, 0) is 6.08 Å². The van der Waals surface area contributed by atoms with Crippen molar-refractivity contribution in [1.29, 1.82) is 0 Å². The van der Waals surface area contributed by atoms with Crippen LogP contribution < -0.4 is 0 Å². The number of nitrogens with zero attached hydrogens (tertiary/aromatic N) is 1. The molecule has 1 unspecified atom stereocenters. The molecule has 0 aromatic carbocycles. The number of rotatable bonds is 2. The monoisotopic (exact) mass is 223 g/mol. The summed E-state index contributed by atoms with van der Waals surface area (Å²) >= 11 is 0. The van der Waals surface area contributed by atoms with Crippen molar-refractivity contribution in [2.75, 3.05) is 19.7 Å². The van der Waals surface area contributed by atoms with Gasteiger partial charge in [-0.3, -0.25) is 4.79 Å². The summed E-state index contributed by atoms with van der Waals surface area (Å²) in [6.45, 7) is 3.72. The first kappa shape index (κ1) is 12.0. The molecule has 0 aliphatic carbocycles. The molecule has 6 heteroatoms. The summed E-state index contributed by atoms with van der Waals surface area (Å²) in [6, 6.07) is 0. The van der Waals surface area contributed by atoms with Crippen molar-refractivity contribution in [3.63, 3.8) is 0 Å². The van der Waals surface area contributed by atoms with Gasteiger partial charge < -0.3 is 9.64 Å². The topological polar surface area (TPSA) is 29.5 Å². The van der Waals surface area contributed by atoms with Crippen LogP contribution in [-0.2, 0) is 9.53 Å². The number of ether oxygens (including phenoxy) is 1. The van der Waals surface area contributed by atoms with Crippen molar-refractivity contribution >= 4 is 5.91 Å². The minimum atomic E-state index is -4.26. The number of alkyl halides is 3. The quantitative estimate of drug-likeness (QED) is 0.661. The second-order valence-electron chi connectivity index (χ2n) is 3.30. The fourth-order valence-electron chi connectivity index (χ4n) is 1.43. The van der Waals surface area contributed by atoms with Gasteiger partial charge in [0.15, 0.2) is 0 Å². The molecular weight excluding hydrogens is 211 g/mol. The molecule has 1 heterocycles. The van der Waals surface area contributed by atoms with Gasteiger partial charge in [0.1, 0.15) is 0 Å². The number of hydrogen-bond acceptors (Lipinski definition) is 2. The van der Waals surface area contributed by atoms with E-state index in [0.29, 0.717) is 6.54 Å². The van der Waals surface area contributed by atoms with Gasteiger partial charge in [0.2, 0.25) is 5.91 Å². The SMILES string of the molecule is C=CC(=O)N1CCOC(CC(F)(F)F)C1. The first-order valence-corrected chi connectivity index (χ1v) is 4.52. The molecule has 0 aromatic rings. The molecule has 0 bridgehead atoms. The van der Waals surface area contributed by atoms with Crippen LogP contribution in [-0.4, -0.2) is 42.8 Å². The van der Waals surface area contributed by atoms with Crippen LogP contribution in [0.15, 0.2) is 12.7 Å². The van der Waals surface area contributed by atoms with Crippen molar-refractivity contribution in [2.45, 2.75) is 18.7 Å². The molecule has 1 rings (SSSR count). The highest BCUT2D eigenvalue weighted by Crippen LogP contribution is 2.24. The summed E-state index contributed by atoms with van der Waals surface area (Å²) in [4.78, 5) is 12.5. The molecule has 1 saturated heterocycles. The molecule has 1 aliphatic rings. The van der Waals surface area contributed by atoms with Crippen molar-refractivity contribution in [2.24, 2.45) is 0 Å². The van der Waals surface area contributed by atoms with Crippen molar-refractivity contribution in [3.05, 3.63) is 12.7 Å². The van der Waals surface area contributed by atoms with E-state index in [1.54, 1.807) is 0 Å². The molecule has 1 amide bonds. The van der Waals surface area contributed by atoms with Crippen molar-refractivity contribution in [3.8, 4) is 0 Å². The van der Waals surface area contributed by atoms with E-state index in [4.69, 9.17) is 4.74 Å². The second-order valence-corrected chi connectivity index (χ2v) is 3.30. The van der Waals surface area contributed by atoms with Gasteiger partial charge in [-0.15, -0.1) is 0 Å². The molecule has 1 atom stereocenters. The van der Waals surface area contributed by atoms with Gasteiger partial charge in [-0.2, -0.15) is 13.2 Å². The highest BCUT2D eigenvalue weighted by Gasteiger charge is 2.35. The molecule has 1 fully saturated rings. The molecule has 0 spiro atoms. The van der Waals surface area contributed by atoms with Crippen LogP contribution in [0.2, 0.25) is 0 Å². The number of amides is 1. The lowest BCUT2D eigenvalue weighted by atomic mass is 10.2. The number of carbonyl (C=O) groups excluding carboxylic acids is 1. The van der Waals surface area contributed by atoms with Crippen LogP contribution in [0.4, 0.5) is 13.2 Å². The van der Waals surface area contributed by atoms with Gasteiger partial charge in [0.25, 0.3) is 0 Å². The van der Waals surface area contributed by atoms with Gasteiger partial charge in [0.05, 0.1) is 19.1 Å². The zero-order valence-electron chi connectivity index (χ0n) is 8.09. The fraction of sp³-hybridized carbons (Fsp3) is 0.667. The Morgan fingerprint density at radius 1 is 1.60 bits per heavy atom. The molecular formula is C9H12F3NO2. The van der Waals surface area contributed by atoms with Crippen LogP contribution in [0.3, 0.4) is 0 Å². The predicted octanol–water partition coefficient (Wildman–Crippen LogP) is 1.35. The average Bonchev–Trinajstić information content (AvgIpc) is 2.14. The molecule has 15 heavy (non-hydrogen) atoms. The van der Waals surface area contributed by atoms with Crippen molar-refractivity contribution < 1.29 is 22.7 Å². The van der Waals surface area contributed by atoms with Gasteiger partial charge in [-0.25, -0.2) is 0 Å². The Bertz CT molecular complexity index is 252. The highest BCUT2D eigenvalue weighted by molar-refractivity contribution is 5.87. The number of hydrogen-bond donors (Lipinski definition) is 0. The van der Waals surface area contributed by atoms with E-state index in [1.807, 2.05) is 0 Å². The Morgan fingerprint density at radius 3 is 2.80 bits per heavy atom. The third-order valence-corrected chi connectivity index (χ3v) is 2.08. The van der Waals surface area contributed by atoms with E-state index < -0.39 is 18.7 Å². The maximum absolute atomic E-state index is 12.0. The van der Waals surface area contributed by atoms with Crippen LogP contribution in [0.1, 0.15) is 6.42 Å². The maximum Gasteiger partial charge on any atom is 0.391 e. The van der Waals surface area contributed by atoms with Gasteiger partial charge in [0, 0.05) is 13.1 Å². The summed E-state index contributed by atoms with van der Waals surface area (Å²) in [6.07, 6.45) is -5.14. The third-order valence-electron chi connectivity index (χ3n) is 2.08. The van der Waals surface area contributed by atoms with Gasteiger partial charge in [-0.1, -0.05) is 6.58 Å². The molecule has 0 saturated carbocycles. The fourth-order valence-corrected chi connectivity index (χ4v) is 1.43. The molecule has 3 nitrogen and oxygen atoms in total. The summed E-state index contributed by atoms with van der Waals surface area (Å²) < 4.78 is 41.1. The molecule has 0 N–H and O–H groups in total. The number of halogens is 3. The Hall–Kier alpha value is -1.04. The smallest absolute Gasteiger partial charge is 0.374 e. The van der Waals surface area contributed by atoms with E-state index in [-0.39, 0.29) is 19.1 Å². The van der Waals surface area contributed by atoms with Crippen LogP contribution in [0, 0.1) is 0 Å². The Balaban J connectivity index is 2.49. The molecule has 86 valence electrons. The van der Waals surface area contributed by atoms with E-state index in [2.05, 4.69) is 6.58 Å². The highest BCUT2D eigenvalue weighted by atomic mass is 19.4. The lowest BCUT2D eigenvalue weighted by Crippen LogP contribution is -2.46. The summed E-state index contributed by atoms with van der Waals surface area (Å²) in [7, 11) is 0. The standard InChI is InChI=1S/C9H12F3NO2/c1-2-8(14)13-3-4-15-7(6-13)5-9(10,11)12/h2,7H,1,3-6H2. The van der Waals surface area contributed by atoms with Gasteiger partial charge >= 0.3 is 6.18 Å². The second kappa shape index (κ2) is 4.65. The molecule has 0 aromatic heterocycles. The normalized spacial score (nSPS) is 22.6. The first-order valence-electron chi connectivity index (χ1n) is 4.52. The van der Waals surface area contributed by atoms with E-state index in [1.165, 1.54) is 4.90 Å². The van der Waals surface area contributed by atoms with Crippen LogP contribution in [0.5, 0.6) is 0 Å². The number of morpholine rings is 1. The zero-order chi connectivity index (χ0) is 11.5. The van der Waals surface area contributed by atoms with Crippen LogP contribution >= 0.6 is 0 Å². The number of carbonyl (C=O) groups is 1. The van der Waals surface area contributed by atoms with E-state index in [9.17, 15) is 18.0 Å². The largest absolute Gasteiger partial charge is 0.391 e. The lowest BCUT2D eigenvalue weighted by molar-refractivity contribution is -0.173. The molecule has 1 aliphatic heterocycles. The van der Waals surface area contributed by atoms with E-state index >= 15 is 0 Å². The minimum absolute atomic E-state index is 0.0234. The predicted molar refractivity (Wildman–Crippen MR) is 47.2 cm³/mol. The van der Waals surface area contributed by atoms with Crippen molar-refractivity contribution in [1.82, 2.24) is 4.90 Å². The summed E-state index contributed by atoms with van der Waals surface area (Å²) in [5, 5.41) is 0. The van der Waals surface area contributed by atoms with Crippen LogP contribution in [0.25, 0.3) is 0 Å². The summed E-state index contributed by atoms with van der Waals surface area (Å²) in [5.41, 5.74) is 0. The lowest BCUT2D eigenvalue weighted by Gasteiger charge is -2.32.